The van der Waals surface area contributed by atoms with Gasteiger partial charge in [-0.25, -0.2) is 0 Å². The van der Waals surface area contributed by atoms with Crippen molar-refractivity contribution < 1.29 is 37.9 Å². The number of furan rings is 1. The number of nitrogens with one attached hydrogen (secondary N) is 3. The molecule has 0 saturated heterocycles. The minimum absolute atomic E-state index is 0.0236. The first-order chi connectivity index (χ1) is 19.8. The van der Waals surface area contributed by atoms with Crippen LogP contribution < -0.4 is 16.0 Å². The first kappa shape index (κ1) is 32.0. The lowest BCUT2D eigenvalue weighted by Crippen LogP contribution is -2.56. The van der Waals surface area contributed by atoms with Gasteiger partial charge in [0.1, 0.15) is 18.6 Å². The zero-order valence-corrected chi connectivity index (χ0v) is 24.6. The van der Waals surface area contributed by atoms with Gasteiger partial charge in [-0.3, -0.25) is 24.0 Å². The highest BCUT2D eigenvalue weighted by Gasteiger charge is 2.33. The van der Waals surface area contributed by atoms with Crippen LogP contribution in [0.1, 0.15) is 61.6 Å². The van der Waals surface area contributed by atoms with Gasteiger partial charge in [-0.05, 0) is 52.9 Å². The van der Waals surface area contributed by atoms with E-state index in [1.807, 2.05) is 30.3 Å². The Morgan fingerprint density at radius 3 is 2.37 bits per heavy atom. The number of hydrogen-bond donors (Lipinski definition) is 3. The van der Waals surface area contributed by atoms with Crippen LogP contribution >= 0.6 is 15.9 Å². The van der Waals surface area contributed by atoms with E-state index in [0.717, 1.165) is 37.7 Å². The molecule has 0 radical (unpaired) electrons. The average Bonchev–Trinajstić information content (AvgIpc) is 3.42. The number of carbonyl (C=O) groups excluding carboxylic acids is 5. The molecule has 3 rings (SSSR count). The average molecular weight is 635 g/mol. The molecule has 2 aromatic rings. The van der Waals surface area contributed by atoms with E-state index in [0.29, 0.717) is 11.1 Å². The summed E-state index contributed by atoms with van der Waals surface area (Å²) in [6, 6.07) is 9.90. The highest BCUT2D eigenvalue weighted by molar-refractivity contribution is 9.10. The third kappa shape index (κ3) is 10.8. The minimum Gasteiger partial charge on any atom is -0.465 e. The zero-order valence-electron chi connectivity index (χ0n) is 23.0. The number of benzene rings is 1. The van der Waals surface area contributed by atoms with Crippen LogP contribution in [0.4, 0.5) is 0 Å². The summed E-state index contributed by atoms with van der Waals surface area (Å²) < 4.78 is 16.2. The Balaban J connectivity index is 1.73. The largest absolute Gasteiger partial charge is 0.465 e. The first-order valence-electron chi connectivity index (χ1n) is 13.7. The van der Waals surface area contributed by atoms with Crippen LogP contribution in [0.15, 0.2) is 51.6 Å². The minimum atomic E-state index is -1.36. The molecule has 1 aromatic carbocycles. The van der Waals surface area contributed by atoms with Crippen LogP contribution in [0.3, 0.4) is 0 Å². The van der Waals surface area contributed by atoms with Crippen LogP contribution in [0.5, 0.6) is 0 Å². The van der Waals surface area contributed by atoms with Gasteiger partial charge in [-0.15, -0.1) is 0 Å². The van der Waals surface area contributed by atoms with E-state index >= 15 is 0 Å². The van der Waals surface area contributed by atoms with Crippen molar-refractivity contribution >= 4 is 45.4 Å². The summed E-state index contributed by atoms with van der Waals surface area (Å²) in [6.45, 7) is 1.08. The van der Waals surface area contributed by atoms with Crippen molar-refractivity contribution in [3.05, 3.63) is 58.5 Å². The number of hydrogen-bond acceptors (Lipinski definition) is 8. The van der Waals surface area contributed by atoms with Gasteiger partial charge < -0.3 is 29.8 Å². The van der Waals surface area contributed by atoms with Gasteiger partial charge in [0, 0.05) is 0 Å². The summed E-state index contributed by atoms with van der Waals surface area (Å²) in [5, 5.41) is 7.55. The molecule has 1 aromatic heterocycles. The Bertz CT molecular complexity index is 1180. The molecule has 2 atom stereocenters. The second kappa shape index (κ2) is 16.7. The van der Waals surface area contributed by atoms with Crippen LogP contribution in [0.25, 0.3) is 0 Å². The van der Waals surface area contributed by atoms with Gasteiger partial charge in [0.05, 0.1) is 19.8 Å². The summed E-state index contributed by atoms with van der Waals surface area (Å²) in [7, 11) is 0. The number of Topliss-reactive ketones (excluding diaryl/α,β-unsaturated/α-hetero) is 1. The van der Waals surface area contributed by atoms with Crippen molar-refractivity contribution in [2.24, 2.45) is 5.92 Å². The molecule has 0 unspecified atom stereocenters. The quantitative estimate of drug-likeness (QED) is 0.200. The van der Waals surface area contributed by atoms with E-state index in [1.165, 1.54) is 6.07 Å². The van der Waals surface area contributed by atoms with Crippen molar-refractivity contribution in [2.45, 2.75) is 64.1 Å². The molecule has 41 heavy (non-hydrogen) atoms. The Kier molecular flexibility index (Phi) is 13.0. The second-order valence-electron chi connectivity index (χ2n) is 9.78. The Morgan fingerprint density at radius 2 is 1.71 bits per heavy atom. The number of rotatable bonds is 15. The predicted molar refractivity (Wildman–Crippen MR) is 152 cm³/mol. The molecular weight excluding hydrogens is 598 g/mol. The van der Waals surface area contributed by atoms with Gasteiger partial charge in [0.2, 0.25) is 11.7 Å². The fraction of sp³-hybridized carbons (Fsp3) is 0.483. The van der Waals surface area contributed by atoms with Crippen LogP contribution in [0, 0.1) is 5.92 Å². The normalized spacial score (nSPS) is 14.9. The van der Waals surface area contributed by atoms with Crippen molar-refractivity contribution in [1.82, 2.24) is 16.0 Å². The summed E-state index contributed by atoms with van der Waals surface area (Å²) in [5.41, 5.74) is 0.837. The van der Waals surface area contributed by atoms with E-state index < -0.39 is 48.1 Å². The van der Waals surface area contributed by atoms with Gasteiger partial charge in [0.25, 0.3) is 11.8 Å². The smallest absolute Gasteiger partial charge is 0.325 e. The van der Waals surface area contributed by atoms with Crippen molar-refractivity contribution in [3.63, 3.8) is 0 Å². The molecule has 222 valence electrons. The van der Waals surface area contributed by atoms with Crippen LogP contribution in [0.2, 0.25) is 0 Å². The third-order valence-electron chi connectivity index (χ3n) is 6.66. The van der Waals surface area contributed by atoms with Gasteiger partial charge in [-0.2, -0.15) is 0 Å². The molecule has 1 aliphatic carbocycles. The number of ketones is 1. The number of esters is 1. The van der Waals surface area contributed by atoms with E-state index in [4.69, 9.17) is 13.9 Å². The maximum Gasteiger partial charge on any atom is 0.325 e. The fourth-order valence-corrected chi connectivity index (χ4v) is 4.89. The molecule has 1 saturated carbocycles. The Morgan fingerprint density at radius 1 is 0.976 bits per heavy atom. The monoisotopic (exact) mass is 633 g/mol. The summed E-state index contributed by atoms with van der Waals surface area (Å²) in [5.74, 6) is -3.74. The molecule has 0 aliphatic heterocycles. The van der Waals surface area contributed by atoms with Crippen molar-refractivity contribution in [3.8, 4) is 0 Å². The molecule has 11 nitrogen and oxygen atoms in total. The molecule has 0 spiro atoms. The lowest BCUT2D eigenvalue weighted by atomic mass is 9.84. The van der Waals surface area contributed by atoms with Crippen LogP contribution in [-0.2, 0) is 35.3 Å². The Labute approximate surface area is 247 Å². The molecule has 3 amide bonds. The van der Waals surface area contributed by atoms with Crippen LogP contribution in [-0.4, -0.2) is 61.3 Å². The molecule has 0 bridgehead atoms. The number of halogens is 1. The third-order valence-corrected chi connectivity index (χ3v) is 7.09. The summed E-state index contributed by atoms with van der Waals surface area (Å²) >= 11 is 3.16. The standard InChI is InChI=1S/C29H36BrN3O8/c1-2-40-25(34)16-31-29(38)26(35)22(18-39-17-20-11-7-4-8-12-20)33-27(36)21(15-19-9-5-3-6-10-19)32-28(37)23-13-14-24(30)41-23/h4,7-8,11-14,19,21-22H,2-3,5-6,9-10,15-18H2,1H3,(H,31,38)(H,32,37)(H,33,36)/t21-,22+/m1/s1. The second-order valence-corrected chi connectivity index (χ2v) is 10.6. The maximum absolute atomic E-state index is 13.5. The van der Waals surface area contributed by atoms with Crippen molar-refractivity contribution in [1.29, 1.82) is 0 Å². The zero-order chi connectivity index (χ0) is 29.6. The molecule has 1 heterocycles. The van der Waals surface area contributed by atoms with Gasteiger partial charge in [0.15, 0.2) is 10.4 Å². The lowest BCUT2D eigenvalue weighted by Gasteiger charge is -2.27. The summed E-state index contributed by atoms with van der Waals surface area (Å²) in [6.07, 6.45) is 5.40. The van der Waals surface area contributed by atoms with E-state index in [-0.39, 0.29) is 31.5 Å². The topological polar surface area (TPSA) is 153 Å². The molecule has 12 heteroatoms. The van der Waals surface area contributed by atoms with E-state index in [9.17, 15) is 24.0 Å². The lowest BCUT2D eigenvalue weighted by molar-refractivity contribution is -0.146. The van der Waals surface area contributed by atoms with Gasteiger partial charge in [-0.1, -0.05) is 62.4 Å². The Hall–Kier alpha value is -3.51. The predicted octanol–water partition coefficient (Wildman–Crippen LogP) is 3.06. The van der Waals surface area contributed by atoms with Crippen molar-refractivity contribution in [2.75, 3.05) is 19.8 Å². The number of amides is 3. The number of ether oxygens (including phenoxy) is 2. The van der Waals surface area contributed by atoms with E-state index in [1.54, 1.807) is 13.0 Å². The molecule has 1 fully saturated rings. The summed E-state index contributed by atoms with van der Waals surface area (Å²) in [4.78, 5) is 63.7. The fourth-order valence-electron chi connectivity index (χ4n) is 4.59. The molecular formula is C29H36BrN3O8. The van der Waals surface area contributed by atoms with Gasteiger partial charge >= 0.3 is 5.97 Å². The number of carbonyl (C=O) groups is 5. The highest BCUT2D eigenvalue weighted by Crippen LogP contribution is 2.27. The maximum atomic E-state index is 13.5. The highest BCUT2D eigenvalue weighted by atomic mass is 79.9. The SMILES string of the molecule is CCOC(=O)CNC(=O)C(=O)[C@H](COCc1ccccc1)NC(=O)[C@@H](CC1CCCCC1)NC(=O)c1ccc(Br)o1. The first-order valence-corrected chi connectivity index (χ1v) is 14.5. The molecule has 3 N–H and O–H groups in total. The molecule has 1 aliphatic rings. The van der Waals surface area contributed by atoms with E-state index in [2.05, 4.69) is 31.9 Å².